The number of benzene rings is 1. The Labute approximate surface area is 199 Å². The Bertz CT molecular complexity index is 1130. The first-order valence-corrected chi connectivity index (χ1v) is 10.9. The van der Waals surface area contributed by atoms with E-state index in [2.05, 4.69) is 30.7 Å². The molecule has 3 amide bonds. The molecule has 0 aliphatic carbocycles. The Morgan fingerprint density at radius 3 is 2.51 bits per heavy atom. The maximum atomic E-state index is 12.9. The van der Waals surface area contributed by atoms with Crippen LogP contribution >= 0.6 is 0 Å². The van der Waals surface area contributed by atoms with E-state index >= 15 is 0 Å². The summed E-state index contributed by atoms with van der Waals surface area (Å²) in [5.41, 5.74) is 1.07. The normalized spacial score (nSPS) is 12.0. The lowest BCUT2D eigenvalue weighted by Gasteiger charge is -2.14. The maximum absolute atomic E-state index is 12.9. The summed E-state index contributed by atoms with van der Waals surface area (Å²) < 4.78 is 42.3. The fourth-order valence-corrected chi connectivity index (χ4v) is 3.15. The van der Waals surface area contributed by atoms with Gasteiger partial charge >= 0.3 is 12.4 Å². The number of amides is 3. The quantitative estimate of drug-likeness (QED) is 0.386. The monoisotopic (exact) mass is 490 g/mol. The van der Waals surface area contributed by atoms with Crippen LogP contribution in [0, 0.1) is 0 Å². The van der Waals surface area contributed by atoms with E-state index in [4.69, 9.17) is 0 Å². The van der Waals surface area contributed by atoms with Gasteiger partial charge in [0, 0.05) is 30.8 Å². The van der Waals surface area contributed by atoms with Crippen LogP contribution in [0.3, 0.4) is 0 Å². The van der Waals surface area contributed by atoms with Crippen molar-refractivity contribution in [2.75, 3.05) is 10.6 Å². The average Bonchev–Trinajstić information content (AvgIpc) is 3.21. The molecule has 3 aromatic rings. The highest BCUT2D eigenvalue weighted by atomic mass is 19.4. The SMILES string of the molecule is CCCCn1cc(NC(=O)Nc2ccc(OC(F)(F)F)cc2)nc1C(=O)NC(C)c1cccnc1. The van der Waals surface area contributed by atoms with Crippen molar-refractivity contribution in [3.8, 4) is 5.75 Å². The number of ether oxygens (including phenoxy) is 1. The second-order valence-electron chi connectivity index (χ2n) is 7.63. The van der Waals surface area contributed by atoms with Gasteiger partial charge in [-0.3, -0.25) is 15.1 Å². The fraction of sp³-hybridized carbons (Fsp3) is 0.304. The molecule has 12 heteroatoms. The molecule has 9 nitrogen and oxygen atoms in total. The molecule has 0 saturated carbocycles. The predicted molar refractivity (Wildman–Crippen MR) is 123 cm³/mol. The van der Waals surface area contributed by atoms with Crippen molar-refractivity contribution < 1.29 is 27.5 Å². The number of imidazole rings is 1. The van der Waals surface area contributed by atoms with Crippen LogP contribution in [0.5, 0.6) is 5.75 Å². The van der Waals surface area contributed by atoms with Gasteiger partial charge in [-0.2, -0.15) is 0 Å². The molecule has 0 aliphatic rings. The van der Waals surface area contributed by atoms with Crippen LogP contribution in [0.15, 0.2) is 55.0 Å². The van der Waals surface area contributed by atoms with E-state index in [9.17, 15) is 22.8 Å². The fourth-order valence-electron chi connectivity index (χ4n) is 3.15. The van der Waals surface area contributed by atoms with Gasteiger partial charge in [0.1, 0.15) is 5.75 Å². The third-order valence-corrected chi connectivity index (χ3v) is 4.85. The zero-order valence-corrected chi connectivity index (χ0v) is 19.1. The number of aryl methyl sites for hydroxylation is 1. The van der Waals surface area contributed by atoms with Gasteiger partial charge in [0.25, 0.3) is 5.91 Å². The summed E-state index contributed by atoms with van der Waals surface area (Å²) in [4.78, 5) is 33.6. The van der Waals surface area contributed by atoms with Gasteiger partial charge in [0.05, 0.1) is 6.04 Å². The number of anilines is 2. The Balaban J connectivity index is 1.67. The van der Waals surface area contributed by atoms with Gasteiger partial charge in [-0.15, -0.1) is 13.2 Å². The highest BCUT2D eigenvalue weighted by Gasteiger charge is 2.31. The number of aromatic nitrogens is 3. The zero-order valence-electron chi connectivity index (χ0n) is 19.1. The number of hydrogen-bond acceptors (Lipinski definition) is 5. The number of urea groups is 1. The van der Waals surface area contributed by atoms with Crippen LogP contribution in [-0.4, -0.2) is 32.8 Å². The molecule has 2 heterocycles. The van der Waals surface area contributed by atoms with Crippen LogP contribution in [0.4, 0.5) is 29.5 Å². The summed E-state index contributed by atoms with van der Waals surface area (Å²) in [5.74, 6) is -0.534. The maximum Gasteiger partial charge on any atom is 0.573 e. The Hall–Kier alpha value is -4.09. The first-order chi connectivity index (χ1) is 16.6. The van der Waals surface area contributed by atoms with E-state index in [1.165, 1.54) is 12.1 Å². The van der Waals surface area contributed by atoms with Crippen molar-refractivity contribution in [1.82, 2.24) is 19.9 Å². The molecule has 1 atom stereocenters. The van der Waals surface area contributed by atoms with Crippen molar-refractivity contribution in [1.29, 1.82) is 0 Å². The Morgan fingerprint density at radius 1 is 1.14 bits per heavy atom. The molecule has 35 heavy (non-hydrogen) atoms. The van der Waals surface area contributed by atoms with E-state index in [-0.39, 0.29) is 23.4 Å². The highest BCUT2D eigenvalue weighted by Crippen LogP contribution is 2.24. The van der Waals surface area contributed by atoms with E-state index in [0.717, 1.165) is 30.5 Å². The minimum atomic E-state index is -4.80. The molecule has 0 bridgehead atoms. The molecule has 3 rings (SSSR count). The average molecular weight is 490 g/mol. The lowest BCUT2D eigenvalue weighted by Crippen LogP contribution is -2.29. The van der Waals surface area contributed by atoms with Crippen molar-refractivity contribution in [2.45, 2.75) is 45.6 Å². The first-order valence-electron chi connectivity index (χ1n) is 10.9. The molecule has 0 radical (unpaired) electrons. The smallest absolute Gasteiger partial charge is 0.406 e. The minimum absolute atomic E-state index is 0.137. The first kappa shape index (κ1) is 25.5. The molecular formula is C23H25F3N6O3. The highest BCUT2D eigenvalue weighted by molar-refractivity contribution is 6.00. The lowest BCUT2D eigenvalue weighted by molar-refractivity contribution is -0.274. The summed E-state index contributed by atoms with van der Waals surface area (Å²) in [6, 6.07) is 7.32. The third kappa shape index (κ3) is 7.73. The minimum Gasteiger partial charge on any atom is -0.406 e. The summed E-state index contributed by atoms with van der Waals surface area (Å²) in [5, 5.41) is 7.90. The van der Waals surface area contributed by atoms with E-state index in [1.54, 1.807) is 29.2 Å². The molecule has 1 aromatic carbocycles. The third-order valence-electron chi connectivity index (χ3n) is 4.85. The Morgan fingerprint density at radius 2 is 1.89 bits per heavy atom. The van der Waals surface area contributed by atoms with Crippen molar-refractivity contribution in [3.63, 3.8) is 0 Å². The van der Waals surface area contributed by atoms with Crippen molar-refractivity contribution in [2.24, 2.45) is 0 Å². The number of unbranched alkanes of at least 4 members (excludes halogenated alkanes) is 1. The summed E-state index contributed by atoms with van der Waals surface area (Å²) in [6.07, 6.45) is 1.74. The molecule has 3 N–H and O–H groups in total. The number of carbonyl (C=O) groups is 2. The standard InChI is InChI=1S/C23H25F3N6O3/c1-3-4-12-32-14-19(30-20(32)21(33)28-15(2)16-6-5-11-27-13-16)31-22(34)29-17-7-9-18(10-8-17)35-23(24,25)26/h5-11,13-15H,3-4,12H2,1-2H3,(H,28,33)(H2,29,31,34). The number of nitrogens with zero attached hydrogens (tertiary/aromatic N) is 3. The van der Waals surface area contributed by atoms with Crippen LogP contribution < -0.4 is 20.7 Å². The summed E-state index contributed by atoms with van der Waals surface area (Å²) in [6.45, 7) is 4.36. The molecular weight excluding hydrogens is 465 g/mol. The van der Waals surface area contributed by atoms with Crippen LogP contribution in [0.2, 0.25) is 0 Å². The Kier molecular flexibility index (Phi) is 8.29. The second-order valence-corrected chi connectivity index (χ2v) is 7.63. The molecule has 0 saturated heterocycles. The molecule has 0 spiro atoms. The second kappa shape index (κ2) is 11.4. The van der Waals surface area contributed by atoms with Gasteiger partial charge in [-0.05, 0) is 49.2 Å². The molecule has 1 unspecified atom stereocenters. The molecule has 0 fully saturated rings. The number of alkyl halides is 3. The van der Waals surface area contributed by atoms with Crippen LogP contribution in [0.25, 0.3) is 0 Å². The topological polar surface area (TPSA) is 110 Å². The van der Waals surface area contributed by atoms with Gasteiger partial charge in [0.2, 0.25) is 5.82 Å². The van der Waals surface area contributed by atoms with Crippen molar-refractivity contribution >= 4 is 23.4 Å². The zero-order chi connectivity index (χ0) is 25.4. The number of halogens is 3. The predicted octanol–water partition coefficient (Wildman–Crippen LogP) is 5.11. The molecule has 2 aromatic heterocycles. The van der Waals surface area contributed by atoms with Gasteiger partial charge in [-0.1, -0.05) is 19.4 Å². The van der Waals surface area contributed by atoms with Crippen LogP contribution in [0.1, 0.15) is 48.9 Å². The van der Waals surface area contributed by atoms with E-state index in [0.29, 0.717) is 6.54 Å². The van der Waals surface area contributed by atoms with E-state index < -0.39 is 24.1 Å². The number of hydrogen-bond donors (Lipinski definition) is 3. The number of rotatable bonds is 9. The van der Waals surface area contributed by atoms with Gasteiger partial charge in [0.15, 0.2) is 5.82 Å². The van der Waals surface area contributed by atoms with Crippen molar-refractivity contribution in [3.05, 3.63) is 66.4 Å². The number of nitrogens with one attached hydrogen (secondary N) is 3. The van der Waals surface area contributed by atoms with Gasteiger partial charge in [-0.25, -0.2) is 9.78 Å². The lowest BCUT2D eigenvalue weighted by atomic mass is 10.1. The number of pyridine rings is 1. The molecule has 0 aliphatic heterocycles. The summed E-state index contributed by atoms with van der Waals surface area (Å²) >= 11 is 0. The largest absolute Gasteiger partial charge is 0.573 e. The van der Waals surface area contributed by atoms with Crippen LogP contribution in [-0.2, 0) is 6.54 Å². The van der Waals surface area contributed by atoms with Gasteiger partial charge < -0.3 is 19.9 Å². The number of carbonyl (C=O) groups excluding carboxylic acids is 2. The molecule has 186 valence electrons. The van der Waals surface area contributed by atoms with E-state index in [1.807, 2.05) is 19.9 Å². The summed E-state index contributed by atoms with van der Waals surface area (Å²) in [7, 11) is 0.